The van der Waals surface area contributed by atoms with Crippen molar-refractivity contribution in [1.29, 1.82) is 0 Å². The molecule has 2 aromatic carbocycles. The summed E-state index contributed by atoms with van der Waals surface area (Å²) in [5, 5.41) is 3.59. The van der Waals surface area contributed by atoms with E-state index in [1.54, 1.807) is 0 Å². The molecular weight excluding hydrogens is 266 g/mol. The first-order valence-corrected chi connectivity index (χ1v) is 7.52. The second kappa shape index (κ2) is 4.56. The molecule has 1 aliphatic heterocycles. The van der Waals surface area contributed by atoms with Crippen LogP contribution < -0.4 is 10.8 Å². The Balaban J connectivity index is 2.13. The van der Waals surface area contributed by atoms with Gasteiger partial charge in [0.15, 0.2) is 0 Å². The van der Waals surface area contributed by atoms with Gasteiger partial charge < -0.3 is 9.31 Å². The van der Waals surface area contributed by atoms with E-state index in [4.69, 9.17) is 9.31 Å². The third-order valence-electron chi connectivity index (χ3n) is 4.48. The van der Waals surface area contributed by atoms with Crippen molar-refractivity contribution in [3.05, 3.63) is 36.4 Å². The Kier molecular flexibility index (Phi) is 3.21. The molecule has 0 spiro atoms. The van der Waals surface area contributed by atoms with Crippen LogP contribution in [0.25, 0.3) is 10.8 Å². The molecule has 2 nitrogen and oxygen atoms in total. The molecule has 3 rings (SSSR count). The van der Waals surface area contributed by atoms with Gasteiger partial charge in [0.1, 0.15) is 0 Å². The molecule has 1 saturated heterocycles. The first-order valence-electron chi connectivity index (χ1n) is 6.95. The summed E-state index contributed by atoms with van der Waals surface area (Å²) < 4.78 is 12.4. The second-order valence-corrected chi connectivity index (χ2v) is 7.00. The third-order valence-corrected chi connectivity index (χ3v) is 4.96. The fraction of sp³-hybridized carbons (Fsp3) is 0.375. The predicted molar refractivity (Wildman–Crippen MR) is 89.0 cm³/mol. The van der Waals surface area contributed by atoms with Gasteiger partial charge in [-0.05, 0) is 49.2 Å². The molecule has 1 atom stereocenters. The van der Waals surface area contributed by atoms with Gasteiger partial charge in [0.05, 0.1) is 11.2 Å². The van der Waals surface area contributed by atoms with Gasteiger partial charge in [0, 0.05) is 0 Å². The van der Waals surface area contributed by atoms with Gasteiger partial charge in [-0.15, -0.1) is 9.24 Å². The molecule has 1 fully saturated rings. The third kappa shape index (κ3) is 2.09. The minimum absolute atomic E-state index is 0.310. The van der Waals surface area contributed by atoms with Crippen LogP contribution in [0.15, 0.2) is 36.4 Å². The maximum atomic E-state index is 6.18. The summed E-state index contributed by atoms with van der Waals surface area (Å²) in [6.07, 6.45) is 0. The fourth-order valence-electron chi connectivity index (χ4n) is 2.57. The van der Waals surface area contributed by atoms with Crippen LogP contribution in [0.4, 0.5) is 0 Å². The Hall–Kier alpha value is -0.885. The summed E-state index contributed by atoms with van der Waals surface area (Å²) in [5.41, 5.74) is 0.484. The van der Waals surface area contributed by atoms with E-state index in [1.807, 2.05) is 0 Å². The van der Waals surface area contributed by atoms with Crippen LogP contribution in [0.1, 0.15) is 27.7 Å². The second-order valence-electron chi connectivity index (χ2n) is 6.38. The van der Waals surface area contributed by atoms with Crippen molar-refractivity contribution in [1.82, 2.24) is 0 Å². The first kappa shape index (κ1) is 14.1. The van der Waals surface area contributed by atoms with Crippen molar-refractivity contribution in [3.63, 3.8) is 0 Å². The lowest BCUT2D eigenvalue weighted by Crippen LogP contribution is -2.41. The zero-order valence-electron chi connectivity index (χ0n) is 12.4. The van der Waals surface area contributed by atoms with E-state index in [2.05, 4.69) is 73.3 Å². The largest absolute Gasteiger partial charge is 0.495 e. The average Bonchev–Trinajstić information content (AvgIpc) is 2.58. The average molecular weight is 286 g/mol. The van der Waals surface area contributed by atoms with E-state index in [9.17, 15) is 0 Å². The van der Waals surface area contributed by atoms with Crippen molar-refractivity contribution in [2.45, 2.75) is 38.9 Å². The standard InChI is InChI=1S/C16H20BO2P/c1-15(2)16(3,4)19-17(18-15)12-9-5-7-11-8-6-10-13(20)14(11)12/h5-10H,20H2,1-4H3. The van der Waals surface area contributed by atoms with Crippen LogP contribution in [0.2, 0.25) is 0 Å². The van der Waals surface area contributed by atoms with E-state index in [0.29, 0.717) is 0 Å². The fourth-order valence-corrected chi connectivity index (χ4v) is 3.01. The Morgan fingerprint density at radius 2 is 1.45 bits per heavy atom. The molecule has 0 N–H and O–H groups in total. The van der Waals surface area contributed by atoms with E-state index in [0.717, 1.165) is 5.46 Å². The summed E-state index contributed by atoms with van der Waals surface area (Å²) in [6, 6.07) is 12.6. The van der Waals surface area contributed by atoms with E-state index < -0.39 is 0 Å². The van der Waals surface area contributed by atoms with E-state index >= 15 is 0 Å². The molecule has 4 heteroatoms. The SMILES string of the molecule is CC1(C)OB(c2cccc3cccc(P)c23)OC1(C)C. The van der Waals surface area contributed by atoms with Crippen molar-refractivity contribution in [2.24, 2.45) is 0 Å². The van der Waals surface area contributed by atoms with Crippen LogP contribution in [0.5, 0.6) is 0 Å². The molecule has 0 saturated carbocycles. The number of fused-ring (bicyclic) bond motifs is 1. The zero-order chi connectivity index (χ0) is 14.5. The van der Waals surface area contributed by atoms with E-state index in [1.165, 1.54) is 16.1 Å². The van der Waals surface area contributed by atoms with Gasteiger partial charge >= 0.3 is 7.12 Å². The number of rotatable bonds is 1. The Labute approximate surface area is 123 Å². The predicted octanol–water partition coefficient (Wildman–Crippen LogP) is 2.64. The molecule has 20 heavy (non-hydrogen) atoms. The summed E-state index contributed by atoms with van der Waals surface area (Å²) in [7, 11) is 2.49. The monoisotopic (exact) mass is 286 g/mol. The molecule has 2 aromatic rings. The highest BCUT2D eigenvalue weighted by atomic mass is 31.0. The molecule has 0 amide bonds. The molecule has 1 unspecified atom stereocenters. The summed E-state index contributed by atoms with van der Waals surface area (Å²) in [4.78, 5) is 0. The maximum Gasteiger partial charge on any atom is 0.495 e. The molecule has 1 aliphatic rings. The number of benzene rings is 2. The Morgan fingerprint density at radius 3 is 2.05 bits per heavy atom. The van der Waals surface area contributed by atoms with Crippen molar-refractivity contribution in [3.8, 4) is 0 Å². The zero-order valence-corrected chi connectivity index (χ0v) is 13.6. The number of hydrogen-bond donors (Lipinski definition) is 0. The summed E-state index contributed by atoms with van der Waals surface area (Å²) in [5.74, 6) is 0. The van der Waals surface area contributed by atoms with E-state index in [-0.39, 0.29) is 18.3 Å². The molecule has 0 aliphatic carbocycles. The number of hydrogen-bond acceptors (Lipinski definition) is 2. The van der Waals surface area contributed by atoms with Crippen LogP contribution in [-0.2, 0) is 9.31 Å². The molecular formula is C16H20BO2P. The summed E-state index contributed by atoms with van der Waals surface area (Å²) in [6.45, 7) is 8.33. The quantitative estimate of drug-likeness (QED) is 0.592. The van der Waals surface area contributed by atoms with Gasteiger partial charge in [-0.3, -0.25) is 0 Å². The van der Waals surface area contributed by atoms with Crippen molar-refractivity contribution in [2.75, 3.05) is 0 Å². The van der Waals surface area contributed by atoms with Crippen LogP contribution in [0.3, 0.4) is 0 Å². The highest BCUT2D eigenvalue weighted by Gasteiger charge is 2.52. The maximum absolute atomic E-state index is 6.18. The molecule has 1 heterocycles. The lowest BCUT2D eigenvalue weighted by Gasteiger charge is -2.32. The minimum Gasteiger partial charge on any atom is -0.399 e. The lowest BCUT2D eigenvalue weighted by molar-refractivity contribution is 0.00578. The van der Waals surface area contributed by atoms with Crippen LogP contribution in [0, 0.1) is 0 Å². The highest BCUT2D eigenvalue weighted by molar-refractivity contribution is 7.28. The van der Waals surface area contributed by atoms with Crippen LogP contribution >= 0.6 is 9.24 Å². The lowest BCUT2D eigenvalue weighted by atomic mass is 9.76. The molecule has 0 aromatic heterocycles. The topological polar surface area (TPSA) is 18.5 Å². The van der Waals surface area contributed by atoms with Crippen molar-refractivity contribution < 1.29 is 9.31 Å². The Morgan fingerprint density at radius 1 is 0.900 bits per heavy atom. The van der Waals surface area contributed by atoms with Gasteiger partial charge in [-0.1, -0.05) is 36.4 Å². The molecule has 0 bridgehead atoms. The van der Waals surface area contributed by atoms with Gasteiger partial charge in [-0.25, -0.2) is 0 Å². The van der Waals surface area contributed by atoms with Crippen molar-refractivity contribution >= 4 is 37.9 Å². The van der Waals surface area contributed by atoms with Gasteiger partial charge in [0.2, 0.25) is 0 Å². The molecule has 104 valence electrons. The first-order chi connectivity index (χ1) is 9.32. The van der Waals surface area contributed by atoms with Gasteiger partial charge in [0.25, 0.3) is 0 Å². The van der Waals surface area contributed by atoms with Crippen LogP contribution in [-0.4, -0.2) is 18.3 Å². The smallest absolute Gasteiger partial charge is 0.399 e. The normalized spacial score (nSPS) is 20.6. The van der Waals surface area contributed by atoms with Gasteiger partial charge in [-0.2, -0.15) is 0 Å². The summed E-state index contributed by atoms with van der Waals surface area (Å²) >= 11 is 0. The highest BCUT2D eigenvalue weighted by Crippen LogP contribution is 2.36. The minimum atomic E-state index is -0.314. The Bertz CT molecular complexity index is 645. The molecule has 0 radical (unpaired) electrons.